The van der Waals surface area contributed by atoms with E-state index in [-0.39, 0.29) is 0 Å². The van der Waals surface area contributed by atoms with Crippen molar-refractivity contribution in [2.45, 2.75) is 33.7 Å². The van der Waals surface area contributed by atoms with E-state index in [9.17, 15) is 0 Å². The lowest BCUT2D eigenvalue weighted by Gasteiger charge is -2.07. The first-order valence-electron chi connectivity index (χ1n) is 6.71. The van der Waals surface area contributed by atoms with Crippen LogP contribution in [0, 0.1) is 17.6 Å². The van der Waals surface area contributed by atoms with E-state index in [1.54, 1.807) is 0 Å². The number of imidazole rings is 1. The molecule has 19 heavy (non-hydrogen) atoms. The molecule has 0 unspecified atom stereocenters. The molecule has 0 saturated heterocycles. The lowest BCUT2D eigenvalue weighted by molar-refractivity contribution is 0.105. The first-order valence-corrected chi connectivity index (χ1v) is 7.11. The van der Waals surface area contributed by atoms with Gasteiger partial charge in [-0.3, -0.25) is 0 Å². The summed E-state index contributed by atoms with van der Waals surface area (Å²) in [5.74, 6) is 0.583. The Balaban J connectivity index is 2.00. The number of pyridine rings is 1. The van der Waals surface area contributed by atoms with Gasteiger partial charge in [-0.15, -0.1) is 0 Å². The predicted octanol–water partition coefficient (Wildman–Crippen LogP) is 3.47. The molecule has 0 spiro atoms. The Morgan fingerprint density at radius 1 is 1.47 bits per heavy atom. The van der Waals surface area contributed by atoms with Gasteiger partial charge in [-0.25, -0.2) is 4.98 Å². The van der Waals surface area contributed by atoms with Crippen molar-refractivity contribution in [1.29, 1.82) is 0 Å². The van der Waals surface area contributed by atoms with E-state index >= 15 is 0 Å². The number of nitrogens with zero attached hydrogens (tertiary/aromatic N) is 2. The van der Waals surface area contributed by atoms with Crippen LogP contribution in [0.25, 0.3) is 11.2 Å². The first kappa shape index (κ1) is 14.2. The zero-order chi connectivity index (χ0) is 13.8. The smallest absolute Gasteiger partial charge is 0.179 e. The number of hydrogen-bond acceptors (Lipinski definition) is 3. The van der Waals surface area contributed by atoms with Gasteiger partial charge in [0.05, 0.1) is 5.52 Å². The SMILES string of the molecule is Cc1cnc2c(c1)[nH]c(=S)n2CCCOCC(C)C. The van der Waals surface area contributed by atoms with E-state index in [0.29, 0.717) is 5.92 Å². The summed E-state index contributed by atoms with van der Waals surface area (Å²) < 4.78 is 8.36. The molecule has 0 saturated carbocycles. The molecular formula is C14H21N3OS. The fourth-order valence-electron chi connectivity index (χ4n) is 2.00. The molecule has 0 aliphatic heterocycles. The first-order chi connectivity index (χ1) is 9.08. The second-order valence-corrected chi connectivity index (χ2v) is 5.67. The molecule has 0 aliphatic rings. The molecule has 104 valence electrons. The van der Waals surface area contributed by atoms with Crippen molar-refractivity contribution in [2.75, 3.05) is 13.2 Å². The third-order valence-corrected chi connectivity index (χ3v) is 3.19. The van der Waals surface area contributed by atoms with Crippen molar-refractivity contribution in [2.24, 2.45) is 5.92 Å². The molecular weight excluding hydrogens is 258 g/mol. The molecule has 1 N–H and O–H groups in total. The monoisotopic (exact) mass is 279 g/mol. The maximum atomic E-state index is 5.59. The lowest BCUT2D eigenvalue weighted by Crippen LogP contribution is -2.07. The van der Waals surface area contributed by atoms with E-state index in [2.05, 4.69) is 29.9 Å². The number of rotatable bonds is 6. The van der Waals surface area contributed by atoms with Crippen LogP contribution in [0.15, 0.2) is 12.3 Å². The van der Waals surface area contributed by atoms with Gasteiger partial charge in [0, 0.05) is 26.0 Å². The van der Waals surface area contributed by atoms with Gasteiger partial charge in [0.25, 0.3) is 0 Å². The number of aryl methyl sites for hydroxylation is 2. The summed E-state index contributed by atoms with van der Waals surface area (Å²) in [7, 11) is 0. The molecule has 2 aromatic heterocycles. The van der Waals surface area contributed by atoms with Gasteiger partial charge in [-0.1, -0.05) is 13.8 Å². The van der Waals surface area contributed by atoms with Gasteiger partial charge in [-0.2, -0.15) is 0 Å². The standard InChI is InChI=1S/C14H21N3OS/c1-10(2)9-18-6-4-5-17-13-12(16-14(17)19)7-11(3)8-15-13/h7-8,10H,4-6,9H2,1-3H3,(H,16,19). The van der Waals surface area contributed by atoms with Gasteiger partial charge in [0.15, 0.2) is 10.4 Å². The molecule has 5 heteroatoms. The molecule has 0 fully saturated rings. The molecule has 0 aliphatic carbocycles. The molecule has 0 radical (unpaired) electrons. The number of fused-ring (bicyclic) bond motifs is 1. The molecule has 4 nitrogen and oxygen atoms in total. The average Bonchev–Trinajstić information content (AvgIpc) is 2.64. The largest absolute Gasteiger partial charge is 0.381 e. The Kier molecular flexibility index (Phi) is 4.71. The second kappa shape index (κ2) is 6.30. The van der Waals surface area contributed by atoms with Gasteiger partial charge in [0.1, 0.15) is 0 Å². The summed E-state index contributed by atoms with van der Waals surface area (Å²) >= 11 is 5.34. The van der Waals surface area contributed by atoms with Crippen LogP contribution in [-0.2, 0) is 11.3 Å². The highest BCUT2D eigenvalue weighted by Crippen LogP contribution is 2.13. The van der Waals surface area contributed by atoms with Crippen molar-refractivity contribution < 1.29 is 4.74 Å². The Hall–Kier alpha value is -1.20. The molecule has 0 amide bonds. The fourth-order valence-corrected chi connectivity index (χ4v) is 2.29. The quantitative estimate of drug-likeness (QED) is 0.650. The van der Waals surface area contributed by atoms with Crippen LogP contribution in [0.3, 0.4) is 0 Å². The van der Waals surface area contributed by atoms with E-state index in [1.165, 1.54) is 0 Å². The number of ether oxygens (including phenoxy) is 1. The number of nitrogens with one attached hydrogen (secondary N) is 1. The van der Waals surface area contributed by atoms with Crippen molar-refractivity contribution in [3.8, 4) is 0 Å². The Morgan fingerprint density at radius 2 is 2.26 bits per heavy atom. The highest BCUT2D eigenvalue weighted by atomic mass is 32.1. The summed E-state index contributed by atoms with van der Waals surface area (Å²) in [5, 5.41) is 0. The van der Waals surface area contributed by atoms with Crippen LogP contribution in [0.5, 0.6) is 0 Å². The number of hydrogen-bond donors (Lipinski definition) is 1. The summed E-state index contributed by atoms with van der Waals surface area (Å²) in [5.41, 5.74) is 3.07. The van der Waals surface area contributed by atoms with Crippen molar-refractivity contribution in [3.05, 3.63) is 22.6 Å². The van der Waals surface area contributed by atoms with Gasteiger partial charge < -0.3 is 14.3 Å². The molecule has 0 aromatic carbocycles. The summed E-state index contributed by atoms with van der Waals surface area (Å²) in [4.78, 5) is 7.65. The van der Waals surface area contributed by atoms with E-state index in [4.69, 9.17) is 17.0 Å². The molecule has 2 aromatic rings. The molecule has 0 atom stereocenters. The Labute approximate surface area is 118 Å². The topological polar surface area (TPSA) is 42.8 Å². The maximum Gasteiger partial charge on any atom is 0.179 e. The molecule has 2 rings (SSSR count). The van der Waals surface area contributed by atoms with Crippen LogP contribution in [0.4, 0.5) is 0 Å². The highest BCUT2D eigenvalue weighted by molar-refractivity contribution is 7.71. The van der Waals surface area contributed by atoms with Crippen LogP contribution >= 0.6 is 12.2 Å². The molecule has 0 bridgehead atoms. The zero-order valence-electron chi connectivity index (χ0n) is 11.8. The van der Waals surface area contributed by atoms with Crippen molar-refractivity contribution >= 4 is 23.4 Å². The Bertz CT molecular complexity index is 600. The predicted molar refractivity (Wildman–Crippen MR) is 79.9 cm³/mol. The summed E-state index contributed by atoms with van der Waals surface area (Å²) in [6.07, 6.45) is 2.82. The third-order valence-electron chi connectivity index (χ3n) is 2.87. The van der Waals surface area contributed by atoms with Gasteiger partial charge in [0.2, 0.25) is 0 Å². The number of aromatic amines is 1. The average molecular weight is 279 g/mol. The van der Waals surface area contributed by atoms with Crippen molar-refractivity contribution in [1.82, 2.24) is 14.5 Å². The van der Waals surface area contributed by atoms with E-state index in [1.807, 2.05) is 17.7 Å². The second-order valence-electron chi connectivity index (χ2n) is 5.29. The number of H-pyrrole nitrogens is 1. The minimum Gasteiger partial charge on any atom is -0.381 e. The van der Waals surface area contributed by atoms with Crippen LogP contribution < -0.4 is 0 Å². The highest BCUT2D eigenvalue weighted by Gasteiger charge is 2.05. The minimum absolute atomic E-state index is 0.583. The van der Waals surface area contributed by atoms with Crippen molar-refractivity contribution in [3.63, 3.8) is 0 Å². The Morgan fingerprint density at radius 3 is 3.00 bits per heavy atom. The zero-order valence-corrected chi connectivity index (χ0v) is 12.6. The van der Waals surface area contributed by atoms with Crippen LogP contribution in [0.1, 0.15) is 25.8 Å². The normalized spacial score (nSPS) is 11.6. The fraction of sp³-hybridized carbons (Fsp3) is 0.571. The van der Waals surface area contributed by atoms with Crippen LogP contribution in [0.2, 0.25) is 0 Å². The van der Waals surface area contributed by atoms with Gasteiger partial charge >= 0.3 is 0 Å². The van der Waals surface area contributed by atoms with Crippen LogP contribution in [-0.4, -0.2) is 27.7 Å². The van der Waals surface area contributed by atoms with Gasteiger partial charge in [-0.05, 0) is 43.1 Å². The lowest BCUT2D eigenvalue weighted by atomic mass is 10.2. The number of aromatic nitrogens is 3. The molecule has 2 heterocycles. The summed E-state index contributed by atoms with van der Waals surface area (Å²) in [6.45, 7) is 8.76. The van der Waals surface area contributed by atoms with E-state index in [0.717, 1.165) is 47.7 Å². The third kappa shape index (κ3) is 3.64. The minimum atomic E-state index is 0.583. The maximum absolute atomic E-state index is 5.59. The van der Waals surface area contributed by atoms with E-state index < -0.39 is 0 Å². The summed E-state index contributed by atoms with van der Waals surface area (Å²) in [6, 6.07) is 2.07.